The van der Waals surface area contributed by atoms with Crippen molar-refractivity contribution in [1.29, 1.82) is 0 Å². The summed E-state index contributed by atoms with van der Waals surface area (Å²) < 4.78 is 1.85. The molecule has 2 aromatic rings. The summed E-state index contributed by atoms with van der Waals surface area (Å²) in [5, 5.41) is 11.4. The maximum Gasteiger partial charge on any atom is 0.191 e. The minimum Gasteiger partial charge on any atom is -0.371 e. The summed E-state index contributed by atoms with van der Waals surface area (Å²) >= 11 is 0. The maximum atomic E-state index is 4.43. The van der Waals surface area contributed by atoms with E-state index in [1.807, 2.05) is 25.0 Å². The fourth-order valence-electron chi connectivity index (χ4n) is 3.71. The molecule has 1 aromatic heterocycles. The molecule has 29 heavy (non-hydrogen) atoms. The first-order valence-corrected chi connectivity index (χ1v) is 9.99. The second kappa shape index (κ2) is 11.4. The second-order valence-electron chi connectivity index (χ2n) is 7.62. The Balaban J connectivity index is 0.00000300. The molecule has 0 aliphatic carbocycles. The molecule has 0 radical (unpaired) electrons. The molecule has 7 nitrogen and oxygen atoms in total. The highest BCUT2D eigenvalue weighted by Crippen LogP contribution is 2.19. The van der Waals surface area contributed by atoms with Crippen LogP contribution in [-0.4, -0.2) is 67.5 Å². The van der Waals surface area contributed by atoms with Gasteiger partial charge in [0.2, 0.25) is 0 Å². The summed E-state index contributed by atoms with van der Waals surface area (Å²) in [7, 11) is 7.97. The van der Waals surface area contributed by atoms with Crippen LogP contribution in [0, 0.1) is 0 Å². The molecule has 2 heterocycles. The Morgan fingerprint density at radius 3 is 2.48 bits per heavy atom. The Morgan fingerprint density at radius 2 is 1.93 bits per heavy atom. The molecule has 1 aliphatic rings. The van der Waals surface area contributed by atoms with Gasteiger partial charge in [0.25, 0.3) is 0 Å². The average Bonchev–Trinajstić information content (AvgIpc) is 3.14. The number of halogens is 1. The number of para-hydroxylation sites is 1. The van der Waals surface area contributed by atoms with E-state index in [1.165, 1.54) is 11.3 Å². The molecule has 1 aromatic carbocycles. The van der Waals surface area contributed by atoms with Gasteiger partial charge in [0.05, 0.1) is 12.2 Å². The third-order valence-corrected chi connectivity index (χ3v) is 5.38. The minimum absolute atomic E-state index is 0. The first-order valence-electron chi connectivity index (χ1n) is 9.99. The van der Waals surface area contributed by atoms with Gasteiger partial charge in [0.15, 0.2) is 5.96 Å². The molecule has 1 aliphatic heterocycles. The van der Waals surface area contributed by atoms with Crippen LogP contribution in [0.15, 0.2) is 47.7 Å². The number of hydrogen-bond acceptors (Lipinski definition) is 4. The van der Waals surface area contributed by atoms with E-state index in [4.69, 9.17) is 0 Å². The van der Waals surface area contributed by atoms with E-state index in [0.717, 1.165) is 38.4 Å². The fourth-order valence-corrected chi connectivity index (χ4v) is 3.71. The lowest BCUT2D eigenvalue weighted by molar-refractivity contribution is 0.297. The third kappa shape index (κ3) is 6.60. The summed E-state index contributed by atoms with van der Waals surface area (Å²) in [5.41, 5.74) is 2.51. The molecule has 0 amide bonds. The zero-order valence-corrected chi connectivity index (χ0v) is 20.2. The van der Waals surface area contributed by atoms with Crippen LogP contribution in [0.4, 0.5) is 5.69 Å². The molecule has 1 unspecified atom stereocenters. The van der Waals surface area contributed by atoms with E-state index in [1.54, 1.807) is 0 Å². The molecule has 8 heteroatoms. The number of rotatable bonds is 6. The van der Waals surface area contributed by atoms with E-state index in [9.17, 15) is 0 Å². The summed E-state index contributed by atoms with van der Waals surface area (Å²) in [4.78, 5) is 9.09. The van der Waals surface area contributed by atoms with E-state index >= 15 is 0 Å². The van der Waals surface area contributed by atoms with Crippen LogP contribution in [0.1, 0.15) is 24.4 Å². The Hall–Kier alpha value is -1.81. The smallest absolute Gasteiger partial charge is 0.191 e. The van der Waals surface area contributed by atoms with E-state index in [2.05, 4.69) is 81.1 Å². The van der Waals surface area contributed by atoms with Gasteiger partial charge in [0, 0.05) is 57.2 Å². The number of nitrogens with zero attached hydrogens (tertiary/aromatic N) is 5. The highest BCUT2D eigenvalue weighted by Gasteiger charge is 2.21. The van der Waals surface area contributed by atoms with Crippen molar-refractivity contribution in [1.82, 2.24) is 25.3 Å². The molecule has 160 valence electrons. The molecule has 2 N–H and O–H groups in total. The second-order valence-corrected chi connectivity index (χ2v) is 7.62. The Kier molecular flexibility index (Phi) is 9.22. The fraction of sp³-hybridized carbons (Fsp3) is 0.524. The Bertz CT molecular complexity index is 751. The summed E-state index contributed by atoms with van der Waals surface area (Å²) in [5.74, 6) is 0.869. The molecule has 1 saturated heterocycles. The number of aliphatic imine (C=N–C) groups is 1. The summed E-state index contributed by atoms with van der Waals surface area (Å²) in [6.45, 7) is 2.91. The van der Waals surface area contributed by atoms with Gasteiger partial charge >= 0.3 is 0 Å². The van der Waals surface area contributed by atoms with E-state index in [-0.39, 0.29) is 30.0 Å². The van der Waals surface area contributed by atoms with Gasteiger partial charge in [-0.3, -0.25) is 9.67 Å². The van der Waals surface area contributed by atoms with Crippen LogP contribution in [0.25, 0.3) is 0 Å². The van der Waals surface area contributed by atoms with Gasteiger partial charge in [-0.2, -0.15) is 5.10 Å². The van der Waals surface area contributed by atoms with Crippen molar-refractivity contribution in [3.8, 4) is 0 Å². The predicted molar refractivity (Wildman–Crippen MR) is 131 cm³/mol. The van der Waals surface area contributed by atoms with Gasteiger partial charge in [-0.25, -0.2) is 0 Å². The third-order valence-electron chi connectivity index (χ3n) is 5.38. The van der Waals surface area contributed by atoms with Crippen molar-refractivity contribution in [2.24, 2.45) is 12.0 Å². The molecule has 0 saturated carbocycles. The van der Waals surface area contributed by atoms with Crippen LogP contribution < -0.4 is 15.5 Å². The molecule has 3 rings (SSSR count). The zero-order valence-electron chi connectivity index (χ0n) is 17.9. The van der Waals surface area contributed by atoms with Gasteiger partial charge in [0.1, 0.15) is 0 Å². The number of aromatic nitrogens is 2. The monoisotopic (exact) mass is 511 g/mol. The summed E-state index contributed by atoms with van der Waals surface area (Å²) in [6, 6.07) is 11.3. The predicted octanol–water partition coefficient (Wildman–Crippen LogP) is 2.47. The lowest BCUT2D eigenvalue weighted by Gasteiger charge is -2.34. The number of guanidine groups is 1. The van der Waals surface area contributed by atoms with Crippen LogP contribution >= 0.6 is 24.0 Å². The number of piperidine rings is 1. The molecular formula is C21H34IN7. The van der Waals surface area contributed by atoms with Gasteiger partial charge < -0.3 is 20.4 Å². The van der Waals surface area contributed by atoms with Crippen molar-refractivity contribution < 1.29 is 0 Å². The van der Waals surface area contributed by atoms with Crippen LogP contribution in [0.5, 0.6) is 0 Å². The molecule has 1 fully saturated rings. The van der Waals surface area contributed by atoms with Crippen LogP contribution in [-0.2, 0) is 7.05 Å². The van der Waals surface area contributed by atoms with Crippen LogP contribution in [0.2, 0.25) is 0 Å². The maximum absolute atomic E-state index is 4.43. The standard InChI is InChI=1S/C21H33N7.HI/c1-22-21(23-15-20(26(2)3)17-14-24-27(4)16-17)25-18-10-12-28(13-11-18)19-8-6-5-7-9-19;/h5-9,14,16,18,20H,10-13,15H2,1-4H3,(H2,22,23,25);1H. The normalized spacial score (nSPS) is 16.4. The molecule has 0 bridgehead atoms. The van der Waals surface area contributed by atoms with Crippen molar-refractivity contribution in [3.63, 3.8) is 0 Å². The van der Waals surface area contributed by atoms with E-state index < -0.39 is 0 Å². The van der Waals surface area contributed by atoms with Crippen molar-refractivity contribution in [2.75, 3.05) is 45.7 Å². The zero-order chi connectivity index (χ0) is 19.9. The first kappa shape index (κ1) is 23.5. The average molecular weight is 511 g/mol. The molecule has 0 spiro atoms. The van der Waals surface area contributed by atoms with Crippen molar-refractivity contribution in [3.05, 3.63) is 48.3 Å². The number of likely N-dealkylation sites (N-methyl/N-ethyl adjacent to an activating group) is 1. The molecular weight excluding hydrogens is 477 g/mol. The Labute approximate surface area is 191 Å². The SMILES string of the molecule is CN=C(NCC(c1cnn(C)c1)N(C)C)NC1CCN(c2ccccc2)CC1.I. The lowest BCUT2D eigenvalue weighted by Crippen LogP contribution is -2.49. The summed E-state index contributed by atoms with van der Waals surface area (Å²) in [6.07, 6.45) is 6.22. The van der Waals surface area contributed by atoms with Gasteiger partial charge in [-0.05, 0) is 39.1 Å². The minimum atomic E-state index is 0. The number of nitrogens with one attached hydrogen (secondary N) is 2. The Morgan fingerprint density at radius 1 is 1.24 bits per heavy atom. The lowest BCUT2D eigenvalue weighted by atomic mass is 10.0. The van der Waals surface area contributed by atoms with Gasteiger partial charge in [-0.1, -0.05) is 18.2 Å². The first-order chi connectivity index (χ1) is 13.6. The highest BCUT2D eigenvalue weighted by atomic mass is 127. The highest BCUT2D eigenvalue weighted by molar-refractivity contribution is 14.0. The quantitative estimate of drug-likeness (QED) is 0.355. The van der Waals surface area contributed by atoms with Crippen molar-refractivity contribution in [2.45, 2.75) is 24.9 Å². The van der Waals surface area contributed by atoms with Gasteiger partial charge in [-0.15, -0.1) is 24.0 Å². The number of anilines is 1. The topological polar surface area (TPSA) is 60.7 Å². The van der Waals surface area contributed by atoms with Crippen LogP contribution in [0.3, 0.4) is 0 Å². The number of benzene rings is 1. The van der Waals surface area contributed by atoms with E-state index in [0.29, 0.717) is 6.04 Å². The molecule has 1 atom stereocenters. The number of aryl methyl sites for hydroxylation is 1. The van der Waals surface area contributed by atoms with Crippen molar-refractivity contribution >= 4 is 35.6 Å². The largest absolute Gasteiger partial charge is 0.371 e. The number of hydrogen-bond donors (Lipinski definition) is 2.